The second-order valence-electron chi connectivity index (χ2n) is 6.49. The third-order valence-corrected chi connectivity index (χ3v) is 4.62. The van der Waals surface area contributed by atoms with Gasteiger partial charge in [0.1, 0.15) is 5.82 Å². The molecule has 0 aliphatic carbocycles. The van der Waals surface area contributed by atoms with Crippen LogP contribution < -0.4 is 10.6 Å². The molecule has 0 aliphatic rings. The van der Waals surface area contributed by atoms with Crippen LogP contribution >= 0.6 is 11.6 Å². The molecular weight excluding hydrogens is 372 g/mol. The Morgan fingerprint density at radius 3 is 2.46 bits per heavy atom. The van der Waals surface area contributed by atoms with E-state index in [1.54, 1.807) is 24.3 Å². The molecular formula is C22H19ClN4O. The Balaban J connectivity index is 1.32. The SMILES string of the molecule is O=C(Nc1ccc(CCc2nc3ccccc3[nH]2)cc1)Nc1cccc(Cl)c1. The largest absolute Gasteiger partial charge is 0.342 e. The molecule has 0 spiro atoms. The molecule has 140 valence electrons. The van der Waals surface area contributed by atoms with Crippen LogP contribution in [-0.4, -0.2) is 16.0 Å². The van der Waals surface area contributed by atoms with Crippen LogP contribution in [0.5, 0.6) is 0 Å². The zero-order valence-electron chi connectivity index (χ0n) is 15.1. The highest BCUT2D eigenvalue weighted by Gasteiger charge is 2.05. The predicted molar refractivity (Wildman–Crippen MR) is 114 cm³/mol. The molecule has 0 aliphatic heterocycles. The van der Waals surface area contributed by atoms with Crippen LogP contribution in [0.25, 0.3) is 11.0 Å². The summed E-state index contributed by atoms with van der Waals surface area (Å²) in [5, 5.41) is 6.15. The van der Waals surface area contributed by atoms with Crippen molar-refractivity contribution >= 4 is 40.0 Å². The molecule has 0 saturated heterocycles. The standard InChI is InChI=1S/C22H19ClN4O/c23-16-4-3-5-18(14-16)25-22(28)24-17-11-8-15(9-12-17)10-13-21-26-19-6-1-2-7-20(19)27-21/h1-9,11-12,14H,10,13H2,(H,26,27)(H2,24,25,28). The van der Waals surface area contributed by atoms with Crippen LogP contribution in [0, 0.1) is 0 Å². The molecule has 28 heavy (non-hydrogen) atoms. The van der Waals surface area contributed by atoms with Gasteiger partial charge in [-0.15, -0.1) is 0 Å². The summed E-state index contributed by atoms with van der Waals surface area (Å²) in [5.41, 5.74) is 4.60. The molecule has 4 rings (SSSR count). The number of urea groups is 1. The summed E-state index contributed by atoms with van der Waals surface area (Å²) in [6.07, 6.45) is 1.70. The minimum atomic E-state index is -0.308. The number of aromatic nitrogens is 2. The molecule has 0 unspecified atom stereocenters. The van der Waals surface area contributed by atoms with E-state index < -0.39 is 0 Å². The lowest BCUT2D eigenvalue weighted by Crippen LogP contribution is -2.19. The van der Waals surface area contributed by atoms with Gasteiger partial charge in [0, 0.05) is 22.8 Å². The molecule has 0 radical (unpaired) electrons. The van der Waals surface area contributed by atoms with Gasteiger partial charge in [0.15, 0.2) is 0 Å². The first-order valence-electron chi connectivity index (χ1n) is 9.02. The smallest absolute Gasteiger partial charge is 0.323 e. The molecule has 1 heterocycles. The number of carbonyl (C=O) groups is 1. The van der Waals surface area contributed by atoms with Gasteiger partial charge in [-0.1, -0.05) is 41.9 Å². The molecule has 5 nitrogen and oxygen atoms in total. The second-order valence-corrected chi connectivity index (χ2v) is 6.92. The van der Waals surface area contributed by atoms with Crippen molar-refractivity contribution in [3.8, 4) is 0 Å². The fourth-order valence-corrected chi connectivity index (χ4v) is 3.19. The number of amides is 2. The van der Waals surface area contributed by atoms with Gasteiger partial charge in [0.2, 0.25) is 0 Å². The van der Waals surface area contributed by atoms with Gasteiger partial charge in [0.05, 0.1) is 11.0 Å². The molecule has 0 bridgehead atoms. The van der Waals surface area contributed by atoms with Gasteiger partial charge in [-0.25, -0.2) is 9.78 Å². The third kappa shape index (κ3) is 4.50. The van der Waals surface area contributed by atoms with E-state index in [4.69, 9.17) is 11.6 Å². The zero-order valence-corrected chi connectivity index (χ0v) is 15.8. The molecule has 3 N–H and O–H groups in total. The first-order chi connectivity index (χ1) is 13.7. The Kier molecular flexibility index (Phi) is 5.26. The van der Waals surface area contributed by atoms with Crippen molar-refractivity contribution in [1.82, 2.24) is 9.97 Å². The quantitative estimate of drug-likeness (QED) is 0.412. The fourth-order valence-electron chi connectivity index (χ4n) is 3.00. The summed E-state index contributed by atoms with van der Waals surface area (Å²) in [7, 11) is 0. The number of H-pyrrole nitrogens is 1. The molecule has 0 fully saturated rings. The number of aryl methyl sites for hydroxylation is 2. The van der Waals surface area contributed by atoms with E-state index in [1.807, 2.05) is 48.5 Å². The van der Waals surface area contributed by atoms with Crippen LogP contribution in [0.15, 0.2) is 72.8 Å². The zero-order chi connectivity index (χ0) is 19.3. The van der Waals surface area contributed by atoms with E-state index in [0.29, 0.717) is 10.7 Å². The predicted octanol–water partition coefficient (Wildman–Crippen LogP) is 5.65. The molecule has 0 saturated carbocycles. The van der Waals surface area contributed by atoms with E-state index in [-0.39, 0.29) is 6.03 Å². The number of hydrogen-bond donors (Lipinski definition) is 3. The van der Waals surface area contributed by atoms with Crippen molar-refractivity contribution in [1.29, 1.82) is 0 Å². The summed E-state index contributed by atoms with van der Waals surface area (Å²) in [6, 6.07) is 22.5. The monoisotopic (exact) mass is 390 g/mol. The van der Waals surface area contributed by atoms with Gasteiger partial charge < -0.3 is 15.6 Å². The summed E-state index contributed by atoms with van der Waals surface area (Å²) in [5.74, 6) is 0.976. The van der Waals surface area contributed by atoms with Crippen molar-refractivity contribution in [2.24, 2.45) is 0 Å². The number of carbonyl (C=O) groups excluding carboxylic acids is 1. The molecule has 2 amide bonds. The number of anilines is 2. The number of benzene rings is 3. The van der Waals surface area contributed by atoms with Crippen molar-refractivity contribution in [2.45, 2.75) is 12.8 Å². The number of para-hydroxylation sites is 2. The van der Waals surface area contributed by atoms with Crippen molar-refractivity contribution in [2.75, 3.05) is 10.6 Å². The molecule has 6 heteroatoms. The lowest BCUT2D eigenvalue weighted by Gasteiger charge is -2.08. The summed E-state index contributed by atoms with van der Waals surface area (Å²) in [6.45, 7) is 0. The number of halogens is 1. The Morgan fingerprint density at radius 2 is 1.68 bits per heavy atom. The first-order valence-corrected chi connectivity index (χ1v) is 9.40. The summed E-state index contributed by atoms with van der Waals surface area (Å²) in [4.78, 5) is 20.0. The van der Waals surface area contributed by atoms with Crippen LogP contribution in [0.2, 0.25) is 5.02 Å². The minimum Gasteiger partial charge on any atom is -0.342 e. The van der Waals surface area contributed by atoms with Crippen LogP contribution in [0.1, 0.15) is 11.4 Å². The maximum atomic E-state index is 12.1. The average molecular weight is 391 g/mol. The Hall–Kier alpha value is -3.31. The average Bonchev–Trinajstić information content (AvgIpc) is 3.10. The molecule has 0 atom stereocenters. The van der Waals surface area contributed by atoms with E-state index >= 15 is 0 Å². The molecule has 3 aromatic carbocycles. The lowest BCUT2D eigenvalue weighted by atomic mass is 10.1. The van der Waals surface area contributed by atoms with Gasteiger partial charge >= 0.3 is 6.03 Å². The van der Waals surface area contributed by atoms with Gasteiger partial charge in [-0.2, -0.15) is 0 Å². The number of rotatable bonds is 5. The number of nitrogens with one attached hydrogen (secondary N) is 3. The van der Waals surface area contributed by atoms with E-state index in [9.17, 15) is 4.79 Å². The van der Waals surface area contributed by atoms with Gasteiger partial charge in [-0.3, -0.25) is 0 Å². The lowest BCUT2D eigenvalue weighted by molar-refractivity contribution is 0.262. The maximum absolute atomic E-state index is 12.1. The molecule has 4 aromatic rings. The Morgan fingerprint density at radius 1 is 0.893 bits per heavy atom. The van der Waals surface area contributed by atoms with Gasteiger partial charge in [0.25, 0.3) is 0 Å². The number of imidazole rings is 1. The number of hydrogen-bond acceptors (Lipinski definition) is 2. The number of aromatic amines is 1. The summed E-state index contributed by atoms with van der Waals surface area (Å²) < 4.78 is 0. The topological polar surface area (TPSA) is 69.8 Å². The first kappa shape index (κ1) is 18.1. The van der Waals surface area contributed by atoms with E-state index in [2.05, 4.69) is 20.6 Å². The van der Waals surface area contributed by atoms with Crippen molar-refractivity contribution < 1.29 is 4.79 Å². The van der Waals surface area contributed by atoms with Crippen molar-refractivity contribution in [3.63, 3.8) is 0 Å². The maximum Gasteiger partial charge on any atom is 0.323 e. The highest BCUT2D eigenvalue weighted by Crippen LogP contribution is 2.17. The van der Waals surface area contributed by atoms with Gasteiger partial charge in [-0.05, 0) is 54.4 Å². The number of nitrogens with zero attached hydrogens (tertiary/aromatic N) is 1. The highest BCUT2D eigenvalue weighted by molar-refractivity contribution is 6.30. The summed E-state index contributed by atoms with van der Waals surface area (Å²) >= 11 is 5.92. The molecule has 1 aromatic heterocycles. The van der Waals surface area contributed by atoms with E-state index in [1.165, 1.54) is 5.56 Å². The van der Waals surface area contributed by atoms with Crippen LogP contribution in [-0.2, 0) is 12.8 Å². The minimum absolute atomic E-state index is 0.308. The van der Waals surface area contributed by atoms with Crippen molar-refractivity contribution in [3.05, 3.63) is 89.2 Å². The van der Waals surface area contributed by atoms with E-state index in [0.717, 1.165) is 35.4 Å². The number of fused-ring (bicyclic) bond motifs is 1. The van der Waals surface area contributed by atoms with Crippen LogP contribution in [0.4, 0.5) is 16.2 Å². The second kappa shape index (κ2) is 8.15. The third-order valence-electron chi connectivity index (χ3n) is 4.38. The highest BCUT2D eigenvalue weighted by atomic mass is 35.5. The fraction of sp³-hybridized carbons (Fsp3) is 0.0909. The Labute approximate surface area is 167 Å². The normalized spacial score (nSPS) is 10.8. The van der Waals surface area contributed by atoms with Crippen LogP contribution in [0.3, 0.4) is 0 Å². The Bertz CT molecular complexity index is 1070.